The van der Waals surface area contributed by atoms with E-state index in [1.54, 1.807) is 0 Å². The molecule has 13 nitrogen and oxygen atoms in total. The molecule has 0 spiro atoms. The van der Waals surface area contributed by atoms with Crippen LogP contribution in [0.1, 0.15) is 6.92 Å². The molecule has 0 aromatic carbocycles. The molecule has 0 aromatic heterocycles. The molecule has 180 valence electrons. The molecular weight excluding hydrogens is 638 g/mol. The van der Waals surface area contributed by atoms with Gasteiger partial charge in [-0.15, -0.1) is 0 Å². The van der Waals surface area contributed by atoms with Crippen molar-refractivity contribution >= 4 is 26.2 Å². The zero-order valence-corrected chi connectivity index (χ0v) is 18.2. The van der Waals surface area contributed by atoms with Crippen LogP contribution in [-0.2, 0) is 49.6 Å². The Hall–Kier alpha value is -0.954. The predicted molar refractivity (Wildman–Crippen MR) is 78.6 cm³/mol. The summed E-state index contributed by atoms with van der Waals surface area (Å²) in [5, 5.41) is 0. The van der Waals surface area contributed by atoms with Crippen molar-refractivity contribution in [3.05, 3.63) is 12.8 Å². The van der Waals surface area contributed by atoms with Gasteiger partial charge in [-0.05, 0) is 0 Å². The van der Waals surface area contributed by atoms with Crippen LogP contribution >= 0.6 is 0 Å². The number of esters is 1. The SMILES string of the molecule is C=COC(C)=O.N.N.N.N.N.O=S(=O)([O-])C(F)(F)F.O=S(=O)([O-])C(F)(F)F.[Os+2]. The van der Waals surface area contributed by atoms with Crippen LogP contribution in [0, 0.1) is 0 Å². The summed E-state index contributed by atoms with van der Waals surface area (Å²) >= 11 is 0. The van der Waals surface area contributed by atoms with Crippen LogP contribution in [-0.4, -0.2) is 42.9 Å². The summed E-state index contributed by atoms with van der Waals surface area (Å²) in [6, 6.07) is 0. The fourth-order valence-electron chi connectivity index (χ4n) is 0.117. The van der Waals surface area contributed by atoms with Crippen molar-refractivity contribution in [3.8, 4) is 0 Å². The largest absolute Gasteiger partial charge is 2.00 e. The molecule has 28 heavy (non-hydrogen) atoms. The van der Waals surface area contributed by atoms with E-state index in [0.29, 0.717) is 0 Å². The van der Waals surface area contributed by atoms with Crippen molar-refractivity contribution in [1.29, 1.82) is 0 Å². The number of hydrogen-bond acceptors (Lipinski definition) is 13. The van der Waals surface area contributed by atoms with E-state index in [-0.39, 0.29) is 56.5 Å². The fourth-order valence-corrected chi connectivity index (χ4v) is 0.117. The van der Waals surface area contributed by atoms with E-state index < -0.39 is 31.3 Å². The molecule has 0 rings (SSSR count). The first kappa shape index (κ1) is 56.3. The van der Waals surface area contributed by atoms with Crippen LogP contribution in [0.5, 0.6) is 0 Å². The Morgan fingerprint density at radius 2 is 0.964 bits per heavy atom. The minimum absolute atomic E-state index is 0. The molecule has 0 radical (unpaired) electrons. The minimum atomic E-state index is -6.09. The Morgan fingerprint density at radius 1 is 0.821 bits per heavy atom. The van der Waals surface area contributed by atoms with Crippen molar-refractivity contribution in [2.75, 3.05) is 0 Å². The summed E-state index contributed by atoms with van der Waals surface area (Å²) < 4.78 is 122. The molecule has 0 saturated heterocycles. The third kappa shape index (κ3) is 36.0. The first-order valence-electron chi connectivity index (χ1n) is 4.09. The number of halogens is 6. The second-order valence-corrected chi connectivity index (χ2v) is 5.32. The number of carbonyl (C=O) groups is 1. The van der Waals surface area contributed by atoms with Gasteiger partial charge in [-0.2, -0.15) is 26.3 Å². The second-order valence-electron chi connectivity index (χ2n) is 2.58. The maximum atomic E-state index is 10.7. The Kier molecular flexibility index (Phi) is 41.8. The second kappa shape index (κ2) is 20.8. The summed E-state index contributed by atoms with van der Waals surface area (Å²) in [6.45, 7) is 4.48. The third-order valence-electron chi connectivity index (χ3n) is 0.816. The van der Waals surface area contributed by atoms with Crippen LogP contribution in [0.3, 0.4) is 0 Å². The average molecular weight is 660 g/mol. The molecule has 0 saturated carbocycles. The number of alkyl halides is 6. The summed E-state index contributed by atoms with van der Waals surface area (Å²) in [5.74, 6) is -0.329. The van der Waals surface area contributed by atoms with E-state index in [4.69, 9.17) is 25.9 Å². The third-order valence-corrected chi connectivity index (χ3v) is 1.95. The van der Waals surface area contributed by atoms with E-state index >= 15 is 0 Å². The normalized spacial score (nSPS) is 9.46. The van der Waals surface area contributed by atoms with Gasteiger partial charge in [0.25, 0.3) is 0 Å². The van der Waals surface area contributed by atoms with Crippen LogP contribution in [0.4, 0.5) is 26.3 Å². The van der Waals surface area contributed by atoms with E-state index in [0.717, 1.165) is 6.26 Å². The summed E-state index contributed by atoms with van der Waals surface area (Å²) in [6.07, 6.45) is 1.10. The zero-order valence-electron chi connectivity index (χ0n) is 14.0. The molecule has 0 aromatic rings. The van der Waals surface area contributed by atoms with E-state index in [1.165, 1.54) is 6.92 Å². The van der Waals surface area contributed by atoms with Gasteiger partial charge in [0, 0.05) is 6.92 Å². The molecule has 0 aliphatic carbocycles. The molecule has 0 unspecified atom stereocenters. The molecule has 0 aliphatic heterocycles. The fraction of sp³-hybridized carbons (Fsp3) is 0.500. The molecule has 22 heteroatoms. The van der Waals surface area contributed by atoms with Gasteiger partial charge in [-0.25, -0.2) is 16.8 Å². The van der Waals surface area contributed by atoms with Crippen molar-refractivity contribution < 1.29 is 81.6 Å². The predicted octanol–water partition coefficient (Wildman–Crippen LogP) is 1.60. The van der Waals surface area contributed by atoms with Crippen molar-refractivity contribution in [3.63, 3.8) is 0 Å². The van der Waals surface area contributed by atoms with Crippen molar-refractivity contribution in [2.24, 2.45) is 0 Å². The van der Waals surface area contributed by atoms with Gasteiger partial charge in [0.1, 0.15) is 0 Å². The Bertz CT molecular complexity index is 540. The topological polar surface area (TPSA) is 316 Å². The molecule has 0 heterocycles. The average Bonchev–Trinajstić information content (AvgIpc) is 2.11. The first-order valence-corrected chi connectivity index (χ1v) is 6.91. The van der Waals surface area contributed by atoms with E-state index in [2.05, 4.69) is 11.3 Å². The Morgan fingerprint density at radius 3 is 0.964 bits per heavy atom. The number of carbonyl (C=O) groups excluding carboxylic acids is 1. The molecule has 0 atom stereocenters. The summed E-state index contributed by atoms with van der Waals surface area (Å²) in [7, 11) is -12.2. The number of hydrogen-bond donors (Lipinski definition) is 5. The van der Waals surface area contributed by atoms with Gasteiger partial charge in [0.05, 0.1) is 6.26 Å². The quantitative estimate of drug-likeness (QED) is 0.0879. The maximum Gasteiger partial charge on any atom is 2.00 e. The van der Waals surface area contributed by atoms with Gasteiger partial charge in [0.2, 0.25) is 0 Å². The van der Waals surface area contributed by atoms with Crippen LogP contribution in [0.25, 0.3) is 0 Å². The molecule has 15 N–H and O–H groups in total. The van der Waals surface area contributed by atoms with Crippen LogP contribution in [0.2, 0.25) is 0 Å². The molecular formula is C6H21F6N5O8OsS2. The first-order chi connectivity index (χ1) is 9.27. The van der Waals surface area contributed by atoms with Gasteiger partial charge >= 0.3 is 36.8 Å². The van der Waals surface area contributed by atoms with Gasteiger partial charge in [0.15, 0.2) is 20.2 Å². The van der Waals surface area contributed by atoms with Crippen molar-refractivity contribution in [1.82, 2.24) is 30.8 Å². The Labute approximate surface area is 169 Å². The van der Waals surface area contributed by atoms with Crippen molar-refractivity contribution in [2.45, 2.75) is 17.9 Å². The number of ether oxygens (including phenoxy) is 1. The van der Waals surface area contributed by atoms with Crippen LogP contribution in [0.15, 0.2) is 12.8 Å². The monoisotopic (exact) mass is 661 g/mol. The molecule has 0 amide bonds. The molecule has 0 bridgehead atoms. The smallest absolute Gasteiger partial charge is 0.741 e. The Balaban J connectivity index is -0.0000000252. The molecule has 0 aliphatic rings. The maximum absolute atomic E-state index is 10.7. The summed E-state index contributed by atoms with van der Waals surface area (Å²) in [5.41, 5.74) is -11.3. The van der Waals surface area contributed by atoms with E-state index in [9.17, 15) is 31.1 Å². The van der Waals surface area contributed by atoms with Gasteiger partial charge in [-0.3, -0.25) is 4.79 Å². The van der Waals surface area contributed by atoms with E-state index in [1.807, 2.05) is 0 Å². The van der Waals surface area contributed by atoms with Crippen LogP contribution < -0.4 is 30.8 Å². The molecule has 0 fully saturated rings. The zero-order chi connectivity index (χ0) is 19.0. The van der Waals surface area contributed by atoms with Gasteiger partial charge < -0.3 is 44.6 Å². The number of rotatable bonds is 1. The minimum Gasteiger partial charge on any atom is -0.741 e. The van der Waals surface area contributed by atoms with Gasteiger partial charge in [-0.1, -0.05) is 6.58 Å². The standard InChI is InChI=1S/C4H6O2.2CHF3O3S.5H3N.Os/c1-3-6-4(2)5;2*2-1(3,4)8(5,6)7;;;;;;/h3H,1H2,2H3;2*(H,5,6,7);5*1H3;/q;;;;;;;;+2/p-2. The summed E-state index contributed by atoms with van der Waals surface area (Å²) in [4.78, 5) is 9.75.